The Morgan fingerprint density at radius 1 is 1.50 bits per heavy atom. The molecule has 56 valence electrons. The summed E-state index contributed by atoms with van der Waals surface area (Å²) >= 11 is 0. The van der Waals surface area contributed by atoms with Crippen LogP contribution >= 0.6 is 0 Å². The average Bonchev–Trinajstić information content (AvgIpc) is 1.88. The summed E-state index contributed by atoms with van der Waals surface area (Å²) in [6.45, 7) is 3.99. The van der Waals surface area contributed by atoms with E-state index in [9.17, 15) is 0 Å². The van der Waals surface area contributed by atoms with E-state index < -0.39 is 0 Å². The van der Waals surface area contributed by atoms with Crippen LogP contribution in [0, 0.1) is 11.3 Å². The van der Waals surface area contributed by atoms with E-state index in [4.69, 9.17) is 5.41 Å². The largest absolute Gasteiger partial charge is 0.305 e. The van der Waals surface area contributed by atoms with Gasteiger partial charge in [0.1, 0.15) is 0 Å². The molecule has 0 saturated heterocycles. The fourth-order valence-corrected chi connectivity index (χ4v) is 0.425. The topological polar surface area (TPSA) is 36.2 Å². The van der Waals surface area contributed by atoms with Crippen molar-refractivity contribution in [2.45, 2.75) is 13.8 Å². The van der Waals surface area contributed by atoms with E-state index in [0.717, 1.165) is 0 Å². The fourth-order valence-electron chi connectivity index (χ4n) is 0.425. The highest BCUT2D eigenvalue weighted by atomic mass is 14.6. The molecular formula is C8H14N2. The van der Waals surface area contributed by atoms with Gasteiger partial charge in [0, 0.05) is 19.0 Å². The lowest BCUT2D eigenvalue weighted by Gasteiger charge is -1.98. The molecule has 0 rings (SSSR count). The van der Waals surface area contributed by atoms with E-state index >= 15 is 0 Å². The monoisotopic (exact) mass is 138 g/mol. The molecule has 0 aliphatic carbocycles. The highest BCUT2D eigenvalue weighted by Gasteiger charge is 1.94. The van der Waals surface area contributed by atoms with Gasteiger partial charge in [0.25, 0.3) is 0 Å². The molecule has 0 unspecified atom stereocenters. The predicted molar refractivity (Wildman–Crippen MR) is 46.1 cm³/mol. The van der Waals surface area contributed by atoms with Crippen molar-refractivity contribution in [3.63, 3.8) is 0 Å². The zero-order valence-electron chi connectivity index (χ0n) is 6.76. The zero-order valence-corrected chi connectivity index (χ0v) is 6.76. The van der Waals surface area contributed by atoms with Gasteiger partial charge >= 0.3 is 0 Å². The van der Waals surface area contributed by atoms with Crippen LogP contribution in [0.3, 0.4) is 0 Å². The van der Waals surface area contributed by atoms with Crippen LogP contribution in [0.5, 0.6) is 0 Å². The SMILES string of the molecule is CN=C/C=C\C(=N)C(C)C. The summed E-state index contributed by atoms with van der Waals surface area (Å²) in [6.07, 6.45) is 5.22. The second-order valence-corrected chi connectivity index (χ2v) is 2.38. The maximum absolute atomic E-state index is 7.37. The molecule has 0 aromatic rings. The number of nitrogens with one attached hydrogen (secondary N) is 1. The first kappa shape index (κ1) is 9.08. The van der Waals surface area contributed by atoms with Crippen molar-refractivity contribution in [2.75, 3.05) is 7.05 Å². The lowest BCUT2D eigenvalue weighted by atomic mass is 10.1. The molecule has 0 spiro atoms. The molecule has 2 nitrogen and oxygen atoms in total. The van der Waals surface area contributed by atoms with E-state index in [1.165, 1.54) is 0 Å². The first-order valence-electron chi connectivity index (χ1n) is 3.35. The Bertz CT molecular complexity index is 155. The minimum absolute atomic E-state index is 0.307. The molecule has 0 aliphatic heterocycles. The number of nitrogens with zero attached hydrogens (tertiary/aromatic N) is 1. The van der Waals surface area contributed by atoms with Crippen molar-refractivity contribution in [1.29, 1.82) is 5.41 Å². The van der Waals surface area contributed by atoms with Gasteiger partial charge in [-0.1, -0.05) is 13.8 Å². The van der Waals surface area contributed by atoms with Gasteiger partial charge in [-0.25, -0.2) is 0 Å². The zero-order chi connectivity index (χ0) is 7.98. The molecule has 0 amide bonds. The highest BCUT2D eigenvalue weighted by Crippen LogP contribution is 1.94. The second-order valence-electron chi connectivity index (χ2n) is 2.38. The molecule has 0 radical (unpaired) electrons. The van der Waals surface area contributed by atoms with Crippen LogP contribution in [0.1, 0.15) is 13.8 Å². The van der Waals surface area contributed by atoms with Gasteiger partial charge < -0.3 is 5.41 Å². The average molecular weight is 138 g/mol. The Hall–Kier alpha value is -0.920. The fraction of sp³-hybridized carbons (Fsp3) is 0.500. The minimum atomic E-state index is 0.307. The molecule has 0 heterocycles. The normalized spacial score (nSPS) is 12.0. The Morgan fingerprint density at radius 3 is 2.50 bits per heavy atom. The van der Waals surface area contributed by atoms with E-state index in [1.807, 2.05) is 13.8 Å². The van der Waals surface area contributed by atoms with Crippen molar-refractivity contribution in [3.05, 3.63) is 12.2 Å². The van der Waals surface area contributed by atoms with Gasteiger partial charge in [0.05, 0.1) is 0 Å². The maximum atomic E-state index is 7.37. The van der Waals surface area contributed by atoms with Crippen molar-refractivity contribution in [2.24, 2.45) is 10.9 Å². The Morgan fingerprint density at radius 2 is 2.10 bits per heavy atom. The lowest BCUT2D eigenvalue weighted by molar-refractivity contribution is 0.882. The number of rotatable bonds is 3. The Labute approximate surface area is 62.2 Å². The summed E-state index contributed by atoms with van der Waals surface area (Å²) in [5.74, 6) is 0.307. The van der Waals surface area contributed by atoms with Crippen LogP contribution in [0.2, 0.25) is 0 Å². The van der Waals surface area contributed by atoms with Crippen LogP contribution in [0.25, 0.3) is 0 Å². The van der Waals surface area contributed by atoms with Crippen molar-refractivity contribution in [3.8, 4) is 0 Å². The third kappa shape index (κ3) is 4.01. The first-order chi connectivity index (χ1) is 4.68. The molecule has 0 bridgehead atoms. The second kappa shape index (κ2) is 4.91. The van der Waals surface area contributed by atoms with Gasteiger partial charge in [-0.05, 0) is 18.1 Å². The quantitative estimate of drug-likeness (QED) is 0.578. The summed E-state index contributed by atoms with van der Waals surface area (Å²) in [7, 11) is 1.71. The van der Waals surface area contributed by atoms with Gasteiger partial charge in [-0.2, -0.15) is 0 Å². The maximum Gasteiger partial charge on any atom is 0.0339 e. The van der Waals surface area contributed by atoms with Crippen molar-refractivity contribution < 1.29 is 0 Å². The summed E-state index contributed by atoms with van der Waals surface area (Å²) in [5.41, 5.74) is 0.639. The van der Waals surface area contributed by atoms with Crippen LogP contribution in [0.15, 0.2) is 17.1 Å². The van der Waals surface area contributed by atoms with E-state index in [1.54, 1.807) is 25.4 Å². The molecule has 2 heteroatoms. The standard InChI is InChI=1S/C8H14N2/c1-7(2)8(9)5-4-6-10-3/h4-7,9H,1-3H3/b5-4-,9-8?,10-6?. The molecule has 0 fully saturated rings. The Kier molecular flexibility index (Phi) is 4.46. The molecule has 0 aromatic heterocycles. The molecule has 0 saturated carbocycles. The van der Waals surface area contributed by atoms with Crippen LogP contribution in [-0.2, 0) is 0 Å². The van der Waals surface area contributed by atoms with E-state index in [2.05, 4.69) is 4.99 Å². The number of hydrogen-bond donors (Lipinski definition) is 1. The summed E-state index contributed by atoms with van der Waals surface area (Å²) in [6, 6.07) is 0. The first-order valence-corrected chi connectivity index (χ1v) is 3.35. The van der Waals surface area contributed by atoms with Crippen molar-refractivity contribution >= 4 is 11.9 Å². The third-order valence-corrected chi connectivity index (χ3v) is 1.13. The Balaban J connectivity index is 3.78. The number of hydrogen-bond acceptors (Lipinski definition) is 2. The smallest absolute Gasteiger partial charge is 0.0339 e. The molecule has 0 aliphatic rings. The molecule has 0 atom stereocenters. The summed E-state index contributed by atoms with van der Waals surface area (Å²) in [5, 5.41) is 7.37. The van der Waals surface area contributed by atoms with Crippen LogP contribution in [-0.4, -0.2) is 19.0 Å². The molecular weight excluding hydrogens is 124 g/mol. The van der Waals surface area contributed by atoms with Crippen LogP contribution in [0.4, 0.5) is 0 Å². The predicted octanol–water partition coefficient (Wildman–Crippen LogP) is 1.92. The molecule has 0 aromatic carbocycles. The van der Waals surface area contributed by atoms with E-state index in [-0.39, 0.29) is 0 Å². The van der Waals surface area contributed by atoms with Gasteiger partial charge in [0.15, 0.2) is 0 Å². The van der Waals surface area contributed by atoms with Gasteiger partial charge in [-0.15, -0.1) is 0 Å². The van der Waals surface area contributed by atoms with Gasteiger partial charge in [-0.3, -0.25) is 4.99 Å². The molecule has 10 heavy (non-hydrogen) atoms. The highest BCUT2D eigenvalue weighted by molar-refractivity contribution is 5.96. The van der Waals surface area contributed by atoms with Crippen LogP contribution < -0.4 is 0 Å². The minimum Gasteiger partial charge on any atom is -0.305 e. The number of aliphatic imine (C=N–C) groups is 1. The summed E-state index contributed by atoms with van der Waals surface area (Å²) < 4.78 is 0. The third-order valence-electron chi connectivity index (χ3n) is 1.13. The molecule has 1 N–H and O–H groups in total. The summed E-state index contributed by atoms with van der Waals surface area (Å²) in [4.78, 5) is 3.76. The number of allylic oxidation sites excluding steroid dienone is 2. The lowest BCUT2D eigenvalue weighted by Crippen LogP contribution is -2.00. The van der Waals surface area contributed by atoms with E-state index in [0.29, 0.717) is 11.6 Å². The van der Waals surface area contributed by atoms with Crippen molar-refractivity contribution in [1.82, 2.24) is 0 Å². The van der Waals surface area contributed by atoms with Gasteiger partial charge in [0.2, 0.25) is 0 Å².